The molecule has 1 saturated heterocycles. The van der Waals surface area contributed by atoms with Crippen molar-refractivity contribution in [1.82, 2.24) is 9.80 Å². The van der Waals surface area contributed by atoms with E-state index < -0.39 is 0 Å². The Morgan fingerprint density at radius 1 is 1.05 bits per heavy atom. The fraction of sp³-hybridized carbons (Fsp3) is 0.625. The van der Waals surface area contributed by atoms with Crippen LogP contribution in [0.15, 0.2) is 24.3 Å². The molecule has 1 aliphatic heterocycles. The van der Waals surface area contributed by atoms with Crippen LogP contribution in [0.2, 0.25) is 0 Å². The number of nitrogens with zero attached hydrogens (tertiary/aromatic N) is 2. The number of piperazine rings is 1. The third-order valence-electron chi connectivity index (χ3n) is 3.87. The summed E-state index contributed by atoms with van der Waals surface area (Å²) < 4.78 is 0. The molecule has 0 bridgehead atoms. The molecule has 2 N–H and O–H groups in total. The molecule has 2 rings (SSSR count). The smallest absolute Gasteiger partial charge is 0.0431 e. The van der Waals surface area contributed by atoms with Crippen molar-refractivity contribution in [2.24, 2.45) is 0 Å². The summed E-state index contributed by atoms with van der Waals surface area (Å²) in [7, 11) is 2.19. The zero-order chi connectivity index (χ0) is 14.2. The Labute approximate surface area is 122 Å². The lowest BCUT2D eigenvalue weighted by Gasteiger charge is -2.32. The molecule has 0 spiro atoms. The number of hydrogen-bond donors (Lipinski definition) is 2. The van der Waals surface area contributed by atoms with Crippen LogP contribution < -0.4 is 5.32 Å². The Balaban J connectivity index is 1.73. The van der Waals surface area contributed by atoms with Gasteiger partial charge in [-0.15, -0.1) is 0 Å². The van der Waals surface area contributed by atoms with E-state index in [2.05, 4.69) is 46.4 Å². The molecule has 0 aliphatic carbocycles. The number of nitrogens with one attached hydrogen (secondary N) is 1. The Morgan fingerprint density at radius 3 is 2.40 bits per heavy atom. The second-order valence-electron chi connectivity index (χ2n) is 5.63. The van der Waals surface area contributed by atoms with Crippen LogP contribution in [0.4, 0.5) is 5.69 Å². The number of likely N-dealkylation sites (N-methyl/N-ethyl adjacent to an activating group) is 1. The van der Waals surface area contributed by atoms with Gasteiger partial charge in [0.2, 0.25) is 0 Å². The fourth-order valence-corrected chi connectivity index (χ4v) is 2.46. The number of rotatable bonds is 7. The van der Waals surface area contributed by atoms with Crippen LogP contribution in [0.5, 0.6) is 0 Å². The van der Waals surface area contributed by atoms with Gasteiger partial charge in [0.1, 0.15) is 0 Å². The second-order valence-corrected chi connectivity index (χ2v) is 5.63. The van der Waals surface area contributed by atoms with Gasteiger partial charge in [-0.25, -0.2) is 0 Å². The highest BCUT2D eigenvalue weighted by Crippen LogP contribution is 2.12. The molecule has 1 heterocycles. The van der Waals surface area contributed by atoms with Gasteiger partial charge in [-0.2, -0.15) is 0 Å². The van der Waals surface area contributed by atoms with Crippen molar-refractivity contribution in [3.63, 3.8) is 0 Å². The molecule has 0 amide bonds. The molecular formula is C16H27N3O. The molecule has 1 fully saturated rings. The van der Waals surface area contributed by atoms with Crippen molar-refractivity contribution < 1.29 is 5.11 Å². The van der Waals surface area contributed by atoms with Gasteiger partial charge in [-0.3, -0.25) is 4.90 Å². The van der Waals surface area contributed by atoms with Gasteiger partial charge < -0.3 is 15.3 Å². The van der Waals surface area contributed by atoms with Gasteiger partial charge in [0.25, 0.3) is 0 Å². The molecule has 20 heavy (non-hydrogen) atoms. The predicted octanol–water partition coefficient (Wildman–Crippen LogP) is 1.62. The van der Waals surface area contributed by atoms with Gasteiger partial charge in [0.15, 0.2) is 0 Å². The van der Waals surface area contributed by atoms with Crippen LogP contribution in [-0.4, -0.2) is 61.3 Å². The first-order valence-corrected chi connectivity index (χ1v) is 7.62. The second kappa shape index (κ2) is 8.25. The van der Waals surface area contributed by atoms with E-state index in [1.54, 1.807) is 0 Å². The Bertz CT molecular complexity index is 372. The maximum atomic E-state index is 8.74. The molecule has 0 saturated carbocycles. The lowest BCUT2D eigenvalue weighted by Crippen LogP contribution is -2.43. The third kappa shape index (κ3) is 5.12. The summed E-state index contributed by atoms with van der Waals surface area (Å²) in [6, 6.07) is 8.74. The Morgan fingerprint density at radius 2 is 1.75 bits per heavy atom. The molecule has 1 aromatic rings. The summed E-state index contributed by atoms with van der Waals surface area (Å²) in [5, 5.41) is 12.1. The van der Waals surface area contributed by atoms with Crippen molar-refractivity contribution in [3.05, 3.63) is 29.8 Å². The molecule has 1 aromatic carbocycles. The molecule has 0 unspecified atom stereocenters. The standard InChI is InChI=1S/C16H27N3O/c1-18-9-11-19(12-10-18)14-15-4-6-16(7-5-15)17-8-2-3-13-20/h4-7,17,20H,2-3,8-14H2,1H3. The van der Waals surface area contributed by atoms with Crippen LogP contribution in [0.3, 0.4) is 0 Å². The first kappa shape index (κ1) is 15.3. The quantitative estimate of drug-likeness (QED) is 0.743. The summed E-state index contributed by atoms with van der Waals surface area (Å²) >= 11 is 0. The van der Waals surface area contributed by atoms with Gasteiger partial charge >= 0.3 is 0 Å². The van der Waals surface area contributed by atoms with E-state index >= 15 is 0 Å². The molecule has 4 heteroatoms. The number of anilines is 1. The minimum absolute atomic E-state index is 0.283. The summed E-state index contributed by atoms with van der Waals surface area (Å²) in [4.78, 5) is 4.90. The molecule has 0 aromatic heterocycles. The van der Waals surface area contributed by atoms with Gasteiger partial charge in [-0.05, 0) is 37.6 Å². The predicted molar refractivity (Wildman–Crippen MR) is 84.0 cm³/mol. The average molecular weight is 277 g/mol. The first-order chi connectivity index (χ1) is 9.78. The highest BCUT2D eigenvalue weighted by molar-refractivity contribution is 5.44. The molecule has 0 radical (unpaired) electrons. The Kier molecular flexibility index (Phi) is 6.30. The molecule has 4 nitrogen and oxygen atoms in total. The Hall–Kier alpha value is -1.10. The van der Waals surface area contributed by atoms with Gasteiger partial charge in [0, 0.05) is 51.6 Å². The summed E-state index contributed by atoms with van der Waals surface area (Å²) in [5.41, 5.74) is 2.56. The highest BCUT2D eigenvalue weighted by atomic mass is 16.2. The maximum absolute atomic E-state index is 8.74. The fourth-order valence-electron chi connectivity index (χ4n) is 2.46. The maximum Gasteiger partial charge on any atom is 0.0431 e. The molecular weight excluding hydrogens is 250 g/mol. The minimum atomic E-state index is 0.283. The summed E-state index contributed by atoms with van der Waals surface area (Å²) in [6.07, 6.45) is 1.88. The van der Waals surface area contributed by atoms with E-state index in [1.165, 1.54) is 24.3 Å². The number of hydrogen-bond acceptors (Lipinski definition) is 4. The van der Waals surface area contributed by atoms with Crippen molar-refractivity contribution in [3.8, 4) is 0 Å². The number of aliphatic hydroxyl groups excluding tert-OH is 1. The lowest BCUT2D eigenvalue weighted by atomic mass is 10.1. The largest absolute Gasteiger partial charge is 0.396 e. The van der Waals surface area contributed by atoms with E-state index in [0.29, 0.717) is 0 Å². The highest BCUT2D eigenvalue weighted by Gasteiger charge is 2.13. The number of benzene rings is 1. The number of aliphatic hydroxyl groups is 1. The number of unbranched alkanes of at least 4 members (excludes halogenated alkanes) is 1. The van der Waals surface area contributed by atoms with E-state index in [1.807, 2.05) is 0 Å². The zero-order valence-electron chi connectivity index (χ0n) is 12.5. The SMILES string of the molecule is CN1CCN(Cc2ccc(NCCCCO)cc2)CC1. The van der Waals surface area contributed by atoms with Crippen molar-refractivity contribution in [1.29, 1.82) is 0 Å². The molecule has 0 atom stereocenters. The van der Waals surface area contributed by atoms with Gasteiger partial charge in [0.05, 0.1) is 0 Å². The average Bonchev–Trinajstić information content (AvgIpc) is 2.48. The van der Waals surface area contributed by atoms with Gasteiger partial charge in [-0.1, -0.05) is 12.1 Å². The molecule has 1 aliphatic rings. The normalized spacial score (nSPS) is 17.3. The minimum Gasteiger partial charge on any atom is -0.396 e. The zero-order valence-corrected chi connectivity index (χ0v) is 12.5. The van der Waals surface area contributed by atoms with Crippen LogP contribution in [0.1, 0.15) is 18.4 Å². The van der Waals surface area contributed by atoms with E-state index in [-0.39, 0.29) is 6.61 Å². The molecule has 112 valence electrons. The van der Waals surface area contributed by atoms with E-state index in [9.17, 15) is 0 Å². The van der Waals surface area contributed by atoms with Crippen LogP contribution >= 0.6 is 0 Å². The van der Waals surface area contributed by atoms with Crippen LogP contribution in [0, 0.1) is 0 Å². The summed E-state index contributed by atoms with van der Waals surface area (Å²) in [5.74, 6) is 0. The first-order valence-electron chi connectivity index (χ1n) is 7.62. The third-order valence-corrected chi connectivity index (χ3v) is 3.87. The van der Waals surface area contributed by atoms with Crippen molar-refractivity contribution in [2.75, 3.05) is 51.7 Å². The summed E-state index contributed by atoms with van der Waals surface area (Å²) in [6.45, 7) is 6.94. The van der Waals surface area contributed by atoms with E-state index in [0.717, 1.165) is 39.0 Å². The van der Waals surface area contributed by atoms with E-state index in [4.69, 9.17) is 5.11 Å². The van der Waals surface area contributed by atoms with Crippen LogP contribution in [-0.2, 0) is 6.54 Å². The monoisotopic (exact) mass is 277 g/mol. The topological polar surface area (TPSA) is 38.7 Å². The van der Waals surface area contributed by atoms with Crippen molar-refractivity contribution in [2.45, 2.75) is 19.4 Å². The van der Waals surface area contributed by atoms with Crippen LogP contribution in [0.25, 0.3) is 0 Å². The van der Waals surface area contributed by atoms with Crippen molar-refractivity contribution >= 4 is 5.69 Å². The lowest BCUT2D eigenvalue weighted by molar-refractivity contribution is 0.148.